The summed E-state index contributed by atoms with van der Waals surface area (Å²) in [6.45, 7) is 5.77. The summed E-state index contributed by atoms with van der Waals surface area (Å²) < 4.78 is 46.7. The van der Waals surface area contributed by atoms with E-state index in [4.69, 9.17) is 4.74 Å². The Morgan fingerprint density at radius 2 is 1.89 bits per heavy atom. The fourth-order valence-corrected chi connectivity index (χ4v) is 3.92. The molecule has 2 heterocycles. The molecule has 0 aliphatic rings. The van der Waals surface area contributed by atoms with Crippen LogP contribution in [0, 0.1) is 6.92 Å². The summed E-state index contributed by atoms with van der Waals surface area (Å²) in [5, 5.41) is 15.9. The third kappa shape index (κ3) is 6.80. The predicted octanol–water partition coefficient (Wildman–Crippen LogP) is 5.57. The molecule has 0 radical (unpaired) electrons. The van der Waals surface area contributed by atoms with Crippen molar-refractivity contribution in [3.05, 3.63) is 72.2 Å². The first-order valence-corrected chi connectivity index (χ1v) is 11.9. The molecular formula is C27H28F3N5O3. The lowest BCUT2D eigenvalue weighted by Gasteiger charge is -2.16. The van der Waals surface area contributed by atoms with Crippen LogP contribution >= 0.6 is 0 Å². The molecule has 0 bridgehead atoms. The Labute approximate surface area is 217 Å². The van der Waals surface area contributed by atoms with Gasteiger partial charge in [0.1, 0.15) is 23.3 Å². The van der Waals surface area contributed by atoms with Gasteiger partial charge < -0.3 is 25.0 Å². The van der Waals surface area contributed by atoms with Crippen molar-refractivity contribution >= 4 is 28.4 Å². The fraction of sp³-hybridized carbons (Fsp3) is 0.296. The molecule has 2 aromatic carbocycles. The number of alkyl halides is 3. The zero-order valence-electron chi connectivity index (χ0n) is 21.1. The third-order valence-corrected chi connectivity index (χ3v) is 5.65. The van der Waals surface area contributed by atoms with Crippen molar-refractivity contribution in [2.75, 3.05) is 11.9 Å². The van der Waals surface area contributed by atoms with E-state index in [1.54, 1.807) is 39.0 Å². The molecule has 200 valence electrons. The van der Waals surface area contributed by atoms with E-state index in [1.165, 1.54) is 18.5 Å². The topological polar surface area (TPSA) is 101 Å². The second-order valence-electron chi connectivity index (χ2n) is 9.54. The number of aryl methyl sites for hydroxylation is 1. The Bertz CT molecular complexity index is 1440. The molecule has 0 spiro atoms. The number of rotatable bonds is 9. The number of benzene rings is 2. The Balaban J connectivity index is 1.48. The van der Waals surface area contributed by atoms with E-state index < -0.39 is 17.3 Å². The van der Waals surface area contributed by atoms with Crippen molar-refractivity contribution in [3.63, 3.8) is 0 Å². The Morgan fingerprint density at radius 3 is 2.61 bits per heavy atom. The van der Waals surface area contributed by atoms with E-state index in [9.17, 15) is 23.1 Å². The summed E-state index contributed by atoms with van der Waals surface area (Å²) in [6, 6.07) is 11.8. The number of carbonyl (C=O) groups excluding carboxylic acids is 1. The highest BCUT2D eigenvalue weighted by Gasteiger charge is 2.30. The van der Waals surface area contributed by atoms with Gasteiger partial charge in [0.15, 0.2) is 5.82 Å². The third-order valence-electron chi connectivity index (χ3n) is 5.65. The lowest BCUT2D eigenvalue weighted by molar-refractivity contribution is -0.137. The molecule has 0 saturated heterocycles. The molecule has 0 fully saturated rings. The Hall–Kier alpha value is -4.12. The number of ether oxygens (including phenoxy) is 1. The van der Waals surface area contributed by atoms with Crippen LogP contribution in [0.5, 0.6) is 11.5 Å². The molecular weight excluding hydrogens is 499 g/mol. The van der Waals surface area contributed by atoms with Crippen LogP contribution in [0.15, 0.2) is 61.1 Å². The number of anilines is 2. The molecule has 0 saturated carbocycles. The Kier molecular flexibility index (Phi) is 7.58. The second kappa shape index (κ2) is 10.7. The lowest BCUT2D eigenvalue weighted by atomic mass is 10.1. The SMILES string of the molecule is Cc1cc(Nc2ncnc3ccn(CCNC(=O)CC(C)(C)O)c23)ccc1Oc1cccc(C(F)(F)F)c1. The van der Waals surface area contributed by atoms with Gasteiger partial charge in [0.25, 0.3) is 0 Å². The van der Waals surface area contributed by atoms with Crippen LogP contribution < -0.4 is 15.4 Å². The number of aromatic nitrogens is 3. The number of fused-ring (bicyclic) bond motifs is 1. The van der Waals surface area contributed by atoms with Crippen LogP contribution in [0.1, 0.15) is 31.4 Å². The molecule has 8 nitrogen and oxygen atoms in total. The lowest BCUT2D eigenvalue weighted by Crippen LogP contribution is -2.33. The highest BCUT2D eigenvalue weighted by molar-refractivity contribution is 5.88. The van der Waals surface area contributed by atoms with Gasteiger partial charge in [-0.15, -0.1) is 0 Å². The minimum absolute atomic E-state index is 0.00215. The summed E-state index contributed by atoms with van der Waals surface area (Å²) in [4.78, 5) is 20.7. The number of aliphatic hydroxyl groups is 1. The van der Waals surface area contributed by atoms with Crippen molar-refractivity contribution in [1.29, 1.82) is 0 Å². The highest BCUT2D eigenvalue weighted by Crippen LogP contribution is 2.34. The molecule has 4 aromatic rings. The zero-order valence-corrected chi connectivity index (χ0v) is 21.1. The molecule has 0 aliphatic heterocycles. The van der Waals surface area contributed by atoms with Crippen LogP contribution in [0.2, 0.25) is 0 Å². The van der Waals surface area contributed by atoms with Crippen molar-refractivity contribution in [2.24, 2.45) is 0 Å². The summed E-state index contributed by atoms with van der Waals surface area (Å²) >= 11 is 0. The first-order valence-electron chi connectivity index (χ1n) is 11.9. The molecule has 4 rings (SSSR count). The summed E-state index contributed by atoms with van der Waals surface area (Å²) in [7, 11) is 0. The van der Waals surface area contributed by atoms with Crippen molar-refractivity contribution < 1.29 is 27.8 Å². The van der Waals surface area contributed by atoms with E-state index in [-0.39, 0.29) is 18.1 Å². The Morgan fingerprint density at radius 1 is 1.11 bits per heavy atom. The predicted molar refractivity (Wildman–Crippen MR) is 137 cm³/mol. The normalized spacial score (nSPS) is 12.0. The molecule has 11 heteroatoms. The van der Waals surface area contributed by atoms with Gasteiger partial charge in [0.05, 0.1) is 23.1 Å². The maximum Gasteiger partial charge on any atom is 0.416 e. The fourth-order valence-electron chi connectivity index (χ4n) is 3.92. The van der Waals surface area contributed by atoms with Gasteiger partial charge in [-0.25, -0.2) is 9.97 Å². The number of nitrogens with one attached hydrogen (secondary N) is 2. The van der Waals surface area contributed by atoms with Gasteiger partial charge in [-0.3, -0.25) is 4.79 Å². The van der Waals surface area contributed by atoms with E-state index in [0.29, 0.717) is 41.4 Å². The quantitative estimate of drug-likeness (QED) is 0.263. The van der Waals surface area contributed by atoms with Crippen LogP contribution in [0.4, 0.5) is 24.7 Å². The van der Waals surface area contributed by atoms with E-state index in [0.717, 1.165) is 17.6 Å². The zero-order chi connectivity index (χ0) is 27.5. The van der Waals surface area contributed by atoms with Gasteiger partial charge in [0, 0.05) is 25.0 Å². The second-order valence-corrected chi connectivity index (χ2v) is 9.54. The monoisotopic (exact) mass is 527 g/mol. The average molecular weight is 528 g/mol. The number of halogens is 3. The standard InChI is InChI=1S/C27H28F3N5O3/c1-17-13-19(7-8-22(17)38-20-6-4-5-18(14-20)27(28,29)30)34-25-24-21(32-16-33-25)9-11-35(24)12-10-31-23(36)15-26(2,3)37/h4-9,11,13-14,16,37H,10,12,15H2,1-3H3,(H,31,36)(H,32,33,34). The van der Waals surface area contributed by atoms with Gasteiger partial charge in [-0.2, -0.15) is 13.2 Å². The molecule has 38 heavy (non-hydrogen) atoms. The van der Waals surface area contributed by atoms with E-state index >= 15 is 0 Å². The molecule has 0 aliphatic carbocycles. The van der Waals surface area contributed by atoms with Crippen LogP contribution in [-0.2, 0) is 17.5 Å². The highest BCUT2D eigenvalue weighted by atomic mass is 19.4. The molecule has 2 aromatic heterocycles. The minimum atomic E-state index is -4.45. The summed E-state index contributed by atoms with van der Waals surface area (Å²) in [5.74, 6) is 0.821. The molecule has 3 N–H and O–H groups in total. The minimum Gasteiger partial charge on any atom is -0.457 e. The van der Waals surface area contributed by atoms with Gasteiger partial charge in [-0.05, 0) is 68.8 Å². The van der Waals surface area contributed by atoms with Crippen LogP contribution in [0.3, 0.4) is 0 Å². The smallest absolute Gasteiger partial charge is 0.416 e. The number of amides is 1. The van der Waals surface area contributed by atoms with Crippen LogP contribution in [-0.4, -0.2) is 37.7 Å². The van der Waals surface area contributed by atoms with Crippen LogP contribution in [0.25, 0.3) is 11.0 Å². The van der Waals surface area contributed by atoms with Gasteiger partial charge in [-0.1, -0.05) is 6.07 Å². The number of hydrogen-bond donors (Lipinski definition) is 3. The number of carbonyl (C=O) groups is 1. The largest absolute Gasteiger partial charge is 0.457 e. The number of nitrogens with zero attached hydrogens (tertiary/aromatic N) is 3. The van der Waals surface area contributed by atoms with Gasteiger partial charge >= 0.3 is 6.18 Å². The van der Waals surface area contributed by atoms with Crippen molar-refractivity contribution in [2.45, 2.75) is 45.5 Å². The first kappa shape index (κ1) is 26.9. The summed E-state index contributed by atoms with van der Waals surface area (Å²) in [6.07, 6.45) is -1.16. The molecule has 0 atom stereocenters. The van der Waals surface area contributed by atoms with Crippen molar-refractivity contribution in [3.8, 4) is 11.5 Å². The van der Waals surface area contributed by atoms with E-state index in [1.807, 2.05) is 16.8 Å². The maximum absolute atomic E-state index is 13.0. The van der Waals surface area contributed by atoms with Crippen molar-refractivity contribution in [1.82, 2.24) is 19.9 Å². The average Bonchev–Trinajstić information content (AvgIpc) is 3.23. The van der Waals surface area contributed by atoms with E-state index in [2.05, 4.69) is 20.6 Å². The molecule has 1 amide bonds. The summed E-state index contributed by atoms with van der Waals surface area (Å²) in [5.41, 5.74) is 1.00. The maximum atomic E-state index is 13.0. The molecule has 0 unspecified atom stereocenters. The first-order chi connectivity index (χ1) is 17.9. The number of hydrogen-bond acceptors (Lipinski definition) is 6. The van der Waals surface area contributed by atoms with Gasteiger partial charge in [0.2, 0.25) is 5.91 Å².